The molecule has 0 aliphatic heterocycles. The minimum Gasteiger partial charge on any atom is -0.307 e. The first-order valence-corrected chi connectivity index (χ1v) is 7.19. The van der Waals surface area contributed by atoms with E-state index in [2.05, 4.69) is 12.2 Å². The first-order chi connectivity index (χ1) is 8.97. The van der Waals surface area contributed by atoms with E-state index in [-0.39, 0.29) is 17.7 Å². The van der Waals surface area contributed by atoms with Gasteiger partial charge in [-0.05, 0) is 63.1 Å². The lowest BCUT2D eigenvalue weighted by atomic mass is 9.87. The van der Waals surface area contributed by atoms with Crippen LogP contribution in [0.25, 0.3) is 0 Å². The number of hydrogen-bond donors (Lipinski definition) is 1. The lowest BCUT2D eigenvalue weighted by Gasteiger charge is -2.30. The summed E-state index contributed by atoms with van der Waals surface area (Å²) >= 11 is 0. The lowest BCUT2D eigenvalue weighted by Crippen LogP contribution is -2.35. The molecule has 1 nitrogen and oxygen atoms in total. The van der Waals surface area contributed by atoms with Gasteiger partial charge >= 0.3 is 0 Å². The number of hydrogen-bond acceptors (Lipinski definition) is 1. The fourth-order valence-electron chi connectivity index (χ4n) is 2.86. The molecule has 106 valence electrons. The van der Waals surface area contributed by atoms with Crippen LogP contribution in [0.15, 0.2) is 12.1 Å². The van der Waals surface area contributed by atoms with Gasteiger partial charge in [0, 0.05) is 17.6 Å². The Morgan fingerprint density at radius 2 is 1.74 bits per heavy atom. The average Bonchev–Trinajstić information content (AvgIpc) is 2.36. The second kappa shape index (κ2) is 6.00. The van der Waals surface area contributed by atoms with Crippen LogP contribution in [0.5, 0.6) is 0 Å². The molecule has 19 heavy (non-hydrogen) atoms. The van der Waals surface area contributed by atoms with Crippen molar-refractivity contribution in [3.05, 3.63) is 34.9 Å². The van der Waals surface area contributed by atoms with Crippen LogP contribution < -0.4 is 5.32 Å². The summed E-state index contributed by atoms with van der Waals surface area (Å²) in [6.07, 6.45) is 4.69. The van der Waals surface area contributed by atoms with E-state index in [9.17, 15) is 8.78 Å². The number of rotatable bonds is 3. The molecule has 1 unspecified atom stereocenters. The van der Waals surface area contributed by atoms with Crippen molar-refractivity contribution in [3.8, 4) is 0 Å². The highest BCUT2D eigenvalue weighted by atomic mass is 19.1. The van der Waals surface area contributed by atoms with E-state index in [0.717, 1.165) is 18.8 Å². The molecule has 0 saturated heterocycles. The Bertz CT molecular complexity index is 437. The van der Waals surface area contributed by atoms with Gasteiger partial charge in [-0.1, -0.05) is 6.92 Å². The zero-order chi connectivity index (χ0) is 14.0. The van der Waals surface area contributed by atoms with Crippen molar-refractivity contribution in [2.24, 2.45) is 5.92 Å². The lowest BCUT2D eigenvalue weighted by molar-refractivity contribution is 0.290. The van der Waals surface area contributed by atoms with Gasteiger partial charge in [0.25, 0.3) is 0 Å². The molecule has 0 amide bonds. The zero-order valence-corrected chi connectivity index (χ0v) is 12.0. The van der Waals surface area contributed by atoms with Gasteiger partial charge in [0.05, 0.1) is 0 Å². The maximum atomic E-state index is 13.9. The molecule has 0 heterocycles. The number of benzene rings is 1. The molecule has 0 radical (unpaired) electrons. The normalized spacial score (nSPS) is 25.3. The second-order valence-electron chi connectivity index (χ2n) is 5.97. The van der Waals surface area contributed by atoms with Gasteiger partial charge in [0.1, 0.15) is 11.6 Å². The highest BCUT2D eigenvalue weighted by molar-refractivity contribution is 5.27. The number of halogens is 2. The van der Waals surface area contributed by atoms with Crippen LogP contribution in [0.2, 0.25) is 0 Å². The van der Waals surface area contributed by atoms with Gasteiger partial charge in [-0.3, -0.25) is 0 Å². The highest BCUT2D eigenvalue weighted by Crippen LogP contribution is 2.27. The number of nitrogens with one attached hydrogen (secondary N) is 1. The fraction of sp³-hybridized carbons (Fsp3) is 0.625. The van der Waals surface area contributed by atoms with E-state index < -0.39 is 0 Å². The van der Waals surface area contributed by atoms with Gasteiger partial charge in [-0.25, -0.2) is 8.78 Å². The fourth-order valence-corrected chi connectivity index (χ4v) is 2.86. The molecule has 1 aromatic rings. The van der Waals surface area contributed by atoms with Crippen LogP contribution in [0.1, 0.15) is 56.7 Å². The predicted octanol–water partition coefficient (Wildman–Crippen LogP) is 4.50. The largest absolute Gasteiger partial charge is 0.307 e. The molecule has 1 aromatic carbocycles. The molecule has 1 aliphatic carbocycles. The average molecular weight is 267 g/mol. The van der Waals surface area contributed by atoms with Crippen molar-refractivity contribution in [2.45, 2.75) is 58.5 Å². The van der Waals surface area contributed by atoms with Crippen molar-refractivity contribution in [1.29, 1.82) is 0 Å². The van der Waals surface area contributed by atoms with Gasteiger partial charge in [-0.2, -0.15) is 0 Å². The Labute approximate surface area is 114 Å². The Kier molecular flexibility index (Phi) is 4.56. The Hall–Kier alpha value is -0.960. The van der Waals surface area contributed by atoms with E-state index in [1.54, 1.807) is 6.92 Å². The topological polar surface area (TPSA) is 12.0 Å². The zero-order valence-electron chi connectivity index (χ0n) is 12.0. The minimum atomic E-state index is -0.331. The van der Waals surface area contributed by atoms with Crippen LogP contribution in [0, 0.1) is 24.5 Å². The van der Waals surface area contributed by atoms with Crippen LogP contribution in [-0.4, -0.2) is 6.04 Å². The molecular weight excluding hydrogens is 244 g/mol. The molecule has 0 aromatic heterocycles. The molecule has 0 spiro atoms. The first kappa shape index (κ1) is 14.4. The SMILES string of the molecule is Cc1cc(F)c(C(C)NC2CCC(C)CC2)cc1F. The van der Waals surface area contributed by atoms with E-state index >= 15 is 0 Å². The summed E-state index contributed by atoms with van der Waals surface area (Å²) in [7, 11) is 0. The van der Waals surface area contributed by atoms with E-state index in [0.29, 0.717) is 17.2 Å². The van der Waals surface area contributed by atoms with Gasteiger partial charge < -0.3 is 5.32 Å². The monoisotopic (exact) mass is 267 g/mol. The highest BCUT2D eigenvalue weighted by Gasteiger charge is 2.21. The summed E-state index contributed by atoms with van der Waals surface area (Å²) in [5.41, 5.74) is 0.793. The summed E-state index contributed by atoms with van der Waals surface area (Å²) in [6, 6.07) is 2.89. The summed E-state index contributed by atoms with van der Waals surface area (Å²) in [4.78, 5) is 0. The second-order valence-corrected chi connectivity index (χ2v) is 5.97. The molecule has 1 aliphatic rings. The van der Waals surface area contributed by atoms with Gasteiger partial charge in [0.15, 0.2) is 0 Å². The van der Waals surface area contributed by atoms with Crippen molar-refractivity contribution in [2.75, 3.05) is 0 Å². The molecule has 3 heteroatoms. The Morgan fingerprint density at radius 1 is 1.11 bits per heavy atom. The number of aryl methyl sites for hydroxylation is 1. The summed E-state index contributed by atoms with van der Waals surface area (Å²) in [5, 5.41) is 3.44. The molecule has 1 N–H and O–H groups in total. The Balaban J connectivity index is 2.03. The first-order valence-electron chi connectivity index (χ1n) is 7.19. The standard InChI is InChI=1S/C16H23F2N/c1-10-4-6-13(7-5-10)19-12(3)14-9-15(17)11(2)8-16(14)18/h8-10,12-13,19H,4-7H2,1-3H3. The third-order valence-corrected chi connectivity index (χ3v) is 4.25. The molecule has 0 bridgehead atoms. The molecule has 1 saturated carbocycles. The Morgan fingerprint density at radius 3 is 2.37 bits per heavy atom. The summed E-state index contributed by atoms with van der Waals surface area (Å²) in [5.74, 6) is 0.146. The maximum Gasteiger partial charge on any atom is 0.128 e. The summed E-state index contributed by atoms with van der Waals surface area (Å²) < 4.78 is 27.4. The van der Waals surface area contributed by atoms with Crippen molar-refractivity contribution < 1.29 is 8.78 Å². The molecule has 1 fully saturated rings. The predicted molar refractivity (Wildman–Crippen MR) is 74.1 cm³/mol. The molecule has 2 rings (SSSR count). The molecular formula is C16H23F2N. The van der Waals surface area contributed by atoms with Crippen LogP contribution in [-0.2, 0) is 0 Å². The van der Waals surface area contributed by atoms with E-state index in [1.165, 1.54) is 25.0 Å². The third kappa shape index (κ3) is 3.53. The van der Waals surface area contributed by atoms with Gasteiger partial charge in [0.2, 0.25) is 0 Å². The smallest absolute Gasteiger partial charge is 0.128 e. The van der Waals surface area contributed by atoms with Crippen molar-refractivity contribution in [3.63, 3.8) is 0 Å². The summed E-state index contributed by atoms with van der Waals surface area (Å²) in [6.45, 7) is 5.77. The van der Waals surface area contributed by atoms with Crippen LogP contribution in [0.4, 0.5) is 8.78 Å². The van der Waals surface area contributed by atoms with Crippen molar-refractivity contribution >= 4 is 0 Å². The van der Waals surface area contributed by atoms with Gasteiger partial charge in [-0.15, -0.1) is 0 Å². The quantitative estimate of drug-likeness (QED) is 0.850. The third-order valence-electron chi connectivity index (χ3n) is 4.25. The van der Waals surface area contributed by atoms with E-state index in [4.69, 9.17) is 0 Å². The maximum absolute atomic E-state index is 13.9. The molecule has 1 atom stereocenters. The minimum absolute atomic E-state index is 0.145. The van der Waals surface area contributed by atoms with Crippen LogP contribution >= 0.6 is 0 Å². The van der Waals surface area contributed by atoms with E-state index in [1.807, 2.05) is 6.92 Å². The van der Waals surface area contributed by atoms with Crippen LogP contribution in [0.3, 0.4) is 0 Å². The van der Waals surface area contributed by atoms with Crippen molar-refractivity contribution in [1.82, 2.24) is 5.32 Å².